The lowest BCUT2D eigenvalue weighted by Crippen LogP contribution is -2.26. The van der Waals surface area contributed by atoms with E-state index in [0.717, 1.165) is 16.9 Å². The van der Waals surface area contributed by atoms with Crippen molar-refractivity contribution in [2.24, 2.45) is 0 Å². The predicted octanol–water partition coefficient (Wildman–Crippen LogP) is 4.47. The molecule has 23 heavy (non-hydrogen) atoms. The van der Waals surface area contributed by atoms with Crippen LogP contribution >= 0.6 is 11.6 Å². The number of para-hydroxylation sites is 1. The summed E-state index contributed by atoms with van der Waals surface area (Å²) in [5.41, 5.74) is 2.14. The Morgan fingerprint density at radius 2 is 1.96 bits per heavy atom. The van der Waals surface area contributed by atoms with Crippen LogP contribution in [-0.2, 0) is 11.3 Å². The molecule has 0 saturated carbocycles. The molecule has 0 N–H and O–H groups in total. The third-order valence-corrected chi connectivity index (χ3v) is 3.86. The molecule has 0 aliphatic heterocycles. The van der Waals surface area contributed by atoms with Crippen molar-refractivity contribution in [1.82, 2.24) is 4.90 Å². The summed E-state index contributed by atoms with van der Waals surface area (Å²) in [7, 11) is 1.81. The lowest BCUT2D eigenvalue weighted by Gasteiger charge is -2.17. The van der Waals surface area contributed by atoms with Crippen molar-refractivity contribution in [3.63, 3.8) is 0 Å². The molecule has 0 spiro atoms. The van der Waals surface area contributed by atoms with Gasteiger partial charge in [-0.3, -0.25) is 4.79 Å². The third kappa shape index (κ3) is 5.61. The summed E-state index contributed by atoms with van der Waals surface area (Å²) in [5.74, 6) is 0.991. The average Bonchev–Trinajstić information content (AvgIpc) is 2.53. The van der Waals surface area contributed by atoms with Gasteiger partial charge in [-0.1, -0.05) is 41.9 Å². The number of carbonyl (C=O) groups excluding carboxylic acids is 1. The van der Waals surface area contributed by atoms with Gasteiger partial charge in [0.1, 0.15) is 5.75 Å². The van der Waals surface area contributed by atoms with E-state index in [2.05, 4.69) is 0 Å². The molecule has 0 bridgehead atoms. The van der Waals surface area contributed by atoms with Gasteiger partial charge >= 0.3 is 0 Å². The quantitative estimate of drug-likeness (QED) is 0.701. The number of carbonyl (C=O) groups is 1. The zero-order valence-corrected chi connectivity index (χ0v) is 14.3. The van der Waals surface area contributed by atoms with E-state index in [-0.39, 0.29) is 5.91 Å². The molecule has 0 aliphatic carbocycles. The zero-order chi connectivity index (χ0) is 16.7. The van der Waals surface area contributed by atoms with E-state index in [0.29, 0.717) is 31.0 Å². The number of halogens is 1. The summed E-state index contributed by atoms with van der Waals surface area (Å²) in [6.45, 7) is 3.12. The number of ether oxygens (including phenoxy) is 1. The van der Waals surface area contributed by atoms with Gasteiger partial charge in [-0.25, -0.2) is 0 Å². The van der Waals surface area contributed by atoms with Crippen LogP contribution in [0.3, 0.4) is 0 Å². The fraction of sp³-hybridized carbons (Fsp3) is 0.316. The van der Waals surface area contributed by atoms with Gasteiger partial charge in [0.2, 0.25) is 5.91 Å². The van der Waals surface area contributed by atoms with Gasteiger partial charge in [0.05, 0.1) is 6.61 Å². The Morgan fingerprint density at radius 3 is 2.70 bits per heavy atom. The van der Waals surface area contributed by atoms with Gasteiger partial charge in [0.15, 0.2) is 0 Å². The van der Waals surface area contributed by atoms with Gasteiger partial charge in [-0.2, -0.15) is 0 Å². The molecule has 122 valence electrons. The van der Waals surface area contributed by atoms with E-state index >= 15 is 0 Å². The standard InChI is InChI=1S/C19H22ClNO2/c1-15-7-3-4-10-18(15)23-12-6-11-19(22)21(2)14-16-8-5-9-17(20)13-16/h3-5,7-10,13H,6,11-12,14H2,1-2H3. The molecule has 0 aromatic heterocycles. The molecular weight excluding hydrogens is 310 g/mol. The van der Waals surface area contributed by atoms with Crippen molar-refractivity contribution in [3.05, 3.63) is 64.7 Å². The topological polar surface area (TPSA) is 29.5 Å². The summed E-state index contributed by atoms with van der Waals surface area (Å²) in [6, 6.07) is 15.5. The normalized spacial score (nSPS) is 10.4. The molecule has 0 fully saturated rings. The van der Waals surface area contributed by atoms with Gasteiger partial charge in [-0.15, -0.1) is 0 Å². The minimum atomic E-state index is 0.110. The first-order chi connectivity index (χ1) is 11.1. The number of hydrogen-bond donors (Lipinski definition) is 0. The first-order valence-corrected chi connectivity index (χ1v) is 8.11. The van der Waals surface area contributed by atoms with E-state index in [1.54, 1.807) is 4.90 Å². The van der Waals surface area contributed by atoms with Crippen LogP contribution in [0.25, 0.3) is 0 Å². The number of rotatable bonds is 7. The minimum Gasteiger partial charge on any atom is -0.493 e. The highest BCUT2D eigenvalue weighted by Crippen LogP contribution is 2.17. The van der Waals surface area contributed by atoms with Gasteiger partial charge in [0, 0.05) is 25.0 Å². The molecule has 2 aromatic rings. The number of nitrogens with zero attached hydrogens (tertiary/aromatic N) is 1. The largest absolute Gasteiger partial charge is 0.493 e. The highest BCUT2D eigenvalue weighted by Gasteiger charge is 2.09. The van der Waals surface area contributed by atoms with Crippen LogP contribution < -0.4 is 4.74 Å². The van der Waals surface area contributed by atoms with Crippen molar-refractivity contribution in [2.75, 3.05) is 13.7 Å². The molecule has 0 unspecified atom stereocenters. The van der Waals surface area contributed by atoms with E-state index < -0.39 is 0 Å². The summed E-state index contributed by atoms with van der Waals surface area (Å²) in [6.07, 6.45) is 1.18. The van der Waals surface area contributed by atoms with Crippen LogP contribution in [0.1, 0.15) is 24.0 Å². The molecular formula is C19H22ClNO2. The number of hydrogen-bond acceptors (Lipinski definition) is 2. The van der Waals surface area contributed by atoms with Crippen LogP contribution in [0.2, 0.25) is 5.02 Å². The fourth-order valence-electron chi connectivity index (χ4n) is 2.31. The molecule has 0 heterocycles. The lowest BCUT2D eigenvalue weighted by atomic mass is 10.2. The molecule has 1 amide bonds. The Kier molecular flexibility index (Phi) is 6.48. The zero-order valence-electron chi connectivity index (χ0n) is 13.6. The molecule has 4 heteroatoms. The van der Waals surface area contributed by atoms with Gasteiger partial charge in [-0.05, 0) is 42.7 Å². The molecule has 2 rings (SSSR count). The molecule has 0 aliphatic rings. The van der Waals surface area contributed by atoms with Crippen molar-refractivity contribution in [3.8, 4) is 5.75 Å². The second-order valence-electron chi connectivity index (χ2n) is 5.60. The molecule has 2 aromatic carbocycles. The maximum absolute atomic E-state index is 12.1. The lowest BCUT2D eigenvalue weighted by molar-refractivity contribution is -0.130. The van der Waals surface area contributed by atoms with E-state index in [1.165, 1.54) is 0 Å². The van der Waals surface area contributed by atoms with E-state index in [9.17, 15) is 4.79 Å². The Bertz CT molecular complexity index is 657. The first kappa shape index (κ1) is 17.4. The molecule has 3 nitrogen and oxygen atoms in total. The Morgan fingerprint density at radius 1 is 1.17 bits per heavy atom. The Hall–Kier alpha value is -2.00. The SMILES string of the molecule is Cc1ccccc1OCCCC(=O)N(C)Cc1cccc(Cl)c1. The second-order valence-corrected chi connectivity index (χ2v) is 6.03. The van der Waals surface area contributed by atoms with E-state index in [4.69, 9.17) is 16.3 Å². The Balaban J connectivity index is 1.73. The minimum absolute atomic E-state index is 0.110. The monoisotopic (exact) mass is 331 g/mol. The molecule has 0 saturated heterocycles. The maximum atomic E-state index is 12.1. The van der Waals surface area contributed by atoms with E-state index in [1.807, 2.05) is 62.5 Å². The summed E-state index contributed by atoms with van der Waals surface area (Å²) in [5, 5.41) is 0.690. The maximum Gasteiger partial charge on any atom is 0.222 e. The van der Waals surface area contributed by atoms with Crippen molar-refractivity contribution >= 4 is 17.5 Å². The second kappa shape index (κ2) is 8.59. The van der Waals surface area contributed by atoms with Gasteiger partial charge in [0.25, 0.3) is 0 Å². The highest BCUT2D eigenvalue weighted by atomic mass is 35.5. The molecule has 0 radical (unpaired) electrons. The van der Waals surface area contributed by atoms with Crippen LogP contribution in [0.4, 0.5) is 0 Å². The van der Waals surface area contributed by atoms with Crippen molar-refractivity contribution in [1.29, 1.82) is 0 Å². The van der Waals surface area contributed by atoms with Crippen molar-refractivity contribution in [2.45, 2.75) is 26.3 Å². The smallest absolute Gasteiger partial charge is 0.222 e. The van der Waals surface area contributed by atoms with Crippen LogP contribution in [0, 0.1) is 6.92 Å². The summed E-state index contributed by atoms with van der Waals surface area (Å²) >= 11 is 5.96. The number of benzene rings is 2. The fourth-order valence-corrected chi connectivity index (χ4v) is 2.52. The summed E-state index contributed by atoms with van der Waals surface area (Å²) in [4.78, 5) is 13.9. The van der Waals surface area contributed by atoms with Crippen LogP contribution in [0.15, 0.2) is 48.5 Å². The predicted molar refractivity (Wildman–Crippen MR) is 93.8 cm³/mol. The highest BCUT2D eigenvalue weighted by molar-refractivity contribution is 6.30. The van der Waals surface area contributed by atoms with Crippen LogP contribution in [-0.4, -0.2) is 24.5 Å². The first-order valence-electron chi connectivity index (χ1n) is 7.73. The summed E-state index contributed by atoms with van der Waals surface area (Å²) < 4.78 is 5.71. The van der Waals surface area contributed by atoms with Crippen LogP contribution in [0.5, 0.6) is 5.75 Å². The van der Waals surface area contributed by atoms with Gasteiger partial charge < -0.3 is 9.64 Å². The third-order valence-electron chi connectivity index (χ3n) is 3.62. The average molecular weight is 332 g/mol. The number of aryl methyl sites for hydroxylation is 1. The number of amides is 1. The Labute approximate surface area is 142 Å². The molecule has 0 atom stereocenters. The van der Waals surface area contributed by atoms with Crippen molar-refractivity contribution < 1.29 is 9.53 Å².